The smallest absolute Gasteiger partial charge is 0.115 e. The van der Waals surface area contributed by atoms with Gasteiger partial charge in [-0.1, -0.05) is 74.0 Å². The van der Waals surface area contributed by atoms with E-state index in [-0.39, 0.29) is 11.8 Å². The third-order valence-electron chi connectivity index (χ3n) is 7.78. The van der Waals surface area contributed by atoms with Crippen molar-refractivity contribution in [1.29, 1.82) is 0 Å². The second kappa shape index (κ2) is 9.91. The predicted octanol–water partition coefficient (Wildman–Crippen LogP) is 6.28. The van der Waals surface area contributed by atoms with Crippen LogP contribution >= 0.6 is 0 Å². The Kier molecular flexibility index (Phi) is 7.19. The number of benzene rings is 2. The molecule has 0 amide bonds. The molecule has 1 aliphatic heterocycles. The lowest BCUT2D eigenvalue weighted by Gasteiger charge is -2.57. The molecule has 1 aliphatic carbocycles. The summed E-state index contributed by atoms with van der Waals surface area (Å²) in [5.41, 5.74) is 3.52. The minimum absolute atomic E-state index is 0.0196. The minimum Gasteiger partial charge on any atom is -0.388 e. The SMILES string of the molecule is C=CC[C@H](O)c1ccccc1C[C@@H]1O[C@@H]2C[C@H](C)CC[C@H]2C(C)(C)N1Cc1ccccc1. The quantitative estimate of drug-likeness (QED) is 0.522. The first-order valence-corrected chi connectivity index (χ1v) is 12.2. The Bertz CT molecular complexity index is 893. The summed E-state index contributed by atoms with van der Waals surface area (Å²) in [6.45, 7) is 11.9. The second-order valence-corrected chi connectivity index (χ2v) is 10.4. The highest BCUT2D eigenvalue weighted by Gasteiger charge is 2.50. The van der Waals surface area contributed by atoms with Crippen molar-refractivity contribution < 1.29 is 9.84 Å². The molecule has 0 radical (unpaired) electrons. The van der Waals surface area contributed by atoms with Gasteiger partial charge in [-0.15, -0.1) is 6.58 Å². The summed E-state index contributed by atoms with van der Waals surface area (Å²) < 4.78 is 6.90. The van der Waals surface area contributed by atoms with Crippen LogP contribution in [0.2, 0.25) is 0 Å². The molecule has 5 atom stereocenters. The maximum atomic E-state index is 10.7. The molecule has 0 spiro atoms. The predicted molar refractivity (Wildman–Crippen MR) is 131 cm³/mol. The molecule has 3 heteroatoms. The van der Waals surface area contributed by atoms with Crippen LogP contribution in [0, 0.1) is 11.8 Å². The standard InChI is InChI=1S/C29H39NO2/c1-5-11-26(31)24-15-10-9-14-23(24)19-28-30(20-22-12-7-6-8-13-22)29(3,4)25-17-16-21(2)18-27(25)32-28/h5-10,12-15,21,25-28,31H,1,11,16-20H2,2-4H3/t21-,25-,26+,27-,28+/m1/s1. The van der Waals surface area contributed by atoms with E-state index in [1.165, 1.54) is 24.0 Å². The molecule has 2 aromatic carbocycles. The Morgan fingerprint density at radius 2 is 1.84 bits per heavy atom. The monoisotopic (exact) mass is 433 g/mol. The number of rotatable bonds is 7. The molecule has 1 N–H and O–H groups in total. The van der Waals surface area contributed by atoms with Gasteiger partial charge < -0.3 is 9.84 Å². The van der Waals surface area contributed by atoms with Crippen LogP contribution in [-0.4, -0.2) is 27.9 Å². The maximum Gasteiger partial charge on any atom is 0.115 e. The molecule has 0 bridgehead atoms. The summed E-state index contributed by atoms with van der Waals surface area (Å²) in [5, 5.41) is 10.7. The maximum absolute atomic E-state index is 10.7. The molecule has 3 nitrogen and oxygen atoms in total. The highest BCUT2D eigenvalue weighted by atomic mass is 16.5. The van der Waals surface area contributed by atoms with Gasteiger partial charge in [0, 0.05) is 24.4 Å². The largest absolute Gasteiger partial charge is 0.388 e. The van der Waals surface area contributed by atoms with Gasteiger partial charge in [0.2, 0.25) is 0 Å². The fourth-order valence-electron chi connectivity index (χ4n) is 5.91. The Balaban J connectivity index is 1.67. The Morgan fingerprint density at radius 1 is 1.12 bits per heavy atom. The van der Waals surface area contributed by atoms with Crippen molar-refractivity contribution in [3.63, 3.8) is 0 Å². The van der Waals surface area contributed by atoms with Crippen LogP contribution in [0.3, 0.4) is 0 Å². The molecule has 1 saturated heterocycles. The van der Waals surface area contributed by atoms with Gasteiger partial charge in [0.05, 0.1) is 12.2 Å². The summed E-state index contributed by atoms with van der Waals surface area (Å²) in [7, 11) is 0. The highest BCUT2D eigenvalue weighted by Crippen LogP contribution is 2.46. The molecule has 4 rings (SSSR count). The third-order valence-corrected chi connectivity index (χ3v) is 7.78. The van der Waals surface area contributed by atoms with Crippen LogP contribution in [0.25, 0.3) is 0 Å². The Labute approximate surface area is 194 Å². The second-order valence-electron chi connectivity index (χ2n) is 10.4. The number of nitrogens with zero attached hydrogens (tertiary/aromatic N) is 1. The van der Waals surface area contributed by atoms with Crippen LogP contribution in [0.15, 0.2) is 67.3 Å². The first kappa shape index (κ1) is 23.2. The van der Waals surface area contributed by atoms with Crippen molar-refractivity contribution in [2.24, 2.45) is 11.8 Å². The Hall–Kier alpha value is -1.94. The molecular formula is C29H39NO2. The van der Waals surface area contributed by atoms with Gasteiger partial charge in [0.15, 0.2) is 0 Å². The number of ether oxygens (including phenoxy) is 1. The van der Waals surface area contributed by atoms with E-state index >= 15 is 0 Å². The molecule has 1 heterocycles. The lowest BCUT2D eigenvalue weighted by Crippen LogP contribution is -2.64. The first-order chi connectivity index (χ1) is 15.4. The summed E-state index contributed by atoms with van der Waals surface area (Å²) in [6.07, 6.45) is 6.54. The summed E-state index contributed by atoms with van der Waals surface area (Å²) in [4.78, 5) is 2.58. The normalized spacial score (nSPS) is 28.6. The molecule has 0 unspecified atom stereocenters. The van der Waals surface area contributed by atoms with Crippen molar-refractivity contribution in [1.82, 2.24) is 4.90 Å². The van der Waals surface area contributed by atoms with Crippen LogP contribution in [0.5, 0.6) is 0 Å². The van der Waals surface area contributed by atoms with E-state index in [1.54, 1.807) is 6.08 Å². The number of aliphatic hydroxyl groups excluding tert-OH is 1. The van der Waals surface area contributed by atoms with E-state index < -0.39 is 6.10 Å². The van der Waals surface area contributed by atoms with Gasteiger partial charge >= 0.3 is 0 Å². The third kappa shape index (κ3) is 4.85. The minimum atomic E-state index is -0.523. The number of fused-ring (bicyclic) bond motifs is 1. The van der Waals surface area contributed by atoms with Crippen molar-refractivity contribution >= 4 is 0 Å². The van der Waals surface area contributed by atoms with Gasteiger partial charge in [0.1, 0.15) is 6.23 Å². The van der Waals surface area contributed by atoms with Crippen LogP contribution < -0.4 is 0 Å². The zero-order valence-corrected chi connectivity index (χ0v) is 19.9. The van der Waals surface area contributed by atoms with E-state index in [1.807, 2.05) is 12.1 Å². The lowest BCUT2D eigenvalue weighted by molar-refractivity contribution is -0.236. The molecule has 1 saturated carbocycles. The molecule has 32 heavy (non-hydrogen) atoms. The van der Waals surface area contributed by atoms with E-state index in [2.05, 4.69) is 74.7 Å². The van der Waals surface area contributed by atoms with Gasteiger partial charge in [-0.25, -0.2) is 0 Å². The van der Waals surface area contributed by atoms with E-state index in [4.69, 9.17) is 4.74 Å². The zero-order valence-electron chi connectivity index (χ0n) is 19.9. The fourth-order valence-corrected chi connectivity index (χ4v) is 5.91. The van der Waals surface area contributed by atoms with Gasteiger partial charge in [-0.05, 0) is 55.7 Å². The first-order valence-electron chi connectivity index (χ1n) is 12.2. The summed E-state index contributed by atoms with van der Waals surface area (Å²) in [5.74, 6) is 1.26. The van der Waals surface area contributed by atoms with Crippen molar-refractivity contribution in [2.45, 2.75) is 83.4 Å². The van der Waals surface area contributed by atoms with Crippen molar-refractivity contribution in [2.75, 3.05) is 0 Å². The number of hydrogen-bond donors (Lipinski definition) is 1. The fraction of sp³-hybridized carbons (Fsp3) is 0.517. The summed E-state index contributed by atoms with van der Waals surface area (Å²) in [6, 6.07) is 19.0. The Morgan fingerprint density at radius 3 is 2.59 bits per heavy atom. The van der Waals surface area contributed by atoms with E-state index in [9.17, 15) is 5.11 Å². The van der Waals surface area contributed by atoms with Crippen molar-refractivity contribution in [3.05, 3.63) is 83.9 Å². The van der Waals surface area contributed by atoms with E-state index in [0.717, 1.165) is 30.9 Å². The molecule has 2 aliphatic rings. The molecule has 0 aromatic heterocycles. The number of aliphatic hydroxyl groups is 1. The van der Waals surface area contributed by atoms with Gasteiger partial charge in [0.25, 0.3) is 0 Å². The van der Waals surface area contributed by atoms with Gasteiger partial charge in [-0.3, -0.25) is 4.90 Å². The summed E-state index contributed by atoms with van der Waals surface area (Å²) >= 11 is 0. The average Bonchev–Trinajstić information content (AvgIpc) is 2.77. The van der Waals surface area contributed by atoms with E-state index in [0.29, 0.717) is 18.4 Å². The van der Waals surface area contributed by atoms with Crippen LogP contribution in [0.4, 0.5) is 0 Å². The highest BCUT2D eigenvalue weighted by molar-refractivity contribution is 5.30. The molecule has 172 valence electrons. The zero-order chi connectivity index (χ0) is 22.7. The topological polar surface area (TPSA) is 32.7 Å². The van der Waals surface area contributed by atoms with Crippen LogP contribution in [0.1, 0.15) is 69.2 Å². The molecule has 2 aromatic rings. The molecular weight excluding hydrogens is 394 g/mol. The number of hydrogen-bond acceptors (Lipinski definition) is 3. The average molecular weight is 434 g/mol. The van der Waals surface area contributed by atoms with Crippen LogP contribution in [-0.2, 0) is 17.7 Å². The molecule has 2 fully saturated rings. The van der Waals surface area contributed by atoms with Crippen molar-refractivity contribution in [3.8, 4) is 0 Å². The van der Waals surface area contributed by atoms with Gasteiger partial charge in [-0.2, -0.15) is 0 Å². The lowest BCUT2D eigenvalue weighted by atomic mass is 9.69.